The van der Waals surface area contributed by atoms with Gasteiger partial charge in [0.1, 0.15) is 6.02 Å². The monoisotopic (exact) mass is 455 g/mol. The highest BCUT2D eigenvalue weighted by molar-refractivity contribution is 6.06. The van der Waals surface area contributed by atoms with E-state index in [4.69, 9.17) is 14.3 Å². The van der Waals surface area contributed by atoms with Crippen molar-refractivity contribution in [3.05, 3.63) is 64.7 Å². The van der Waals surface area contributed by atoms with E-state index in [1.54, 1.807) is 5.32 Å². The molecule has 0 spiro atoms. The molecule has 3 aliphatic heterocycles. The summed E-state index contributed by atoms with van der Waals surface area (Å²) in [5.41, 5.74) is 1.77. The van der Waals surface area contributed by atoms with E-state index >= 15 is 0 Å². The van der Waals surface area contributed by atoms with E-state index in [9.17, 15) is 14.4 Å². The summed E-state index contributed by atoms with van der Waals surface area (Å²) >= 11 is 0. The Morgan fingerprint density at radius 3 is 2.64 bits per heavy atom. The Kier molecular flexibility index (Phi) is 4.19. The van der Waals surface area contributed by atoms with Crippen LogP contribution in [0.2, 0.25) is 0 Å². The summed E-state index contributed by atoms with van der Waals surface area (Å²) < 4.78 is 64.0. The molecule has 2 aromatic rings. The molecule has 0 aliphatic carbocycles. The first-order valence-electron chi connectivity index (χ1n) is 14.2. The molecule has 1 atom stereocenters. The Morgan fingerprint density at radius 1 is 1.09 bits per heavy atom. The van der Waals surface area contributed by atoms with Crippen LogP contribution in [-0.2, 0) is 33.9 Å². The van der Waals surface area contributed by atoms with E-state index in [-0.39, 0.29) is 28.3 Å². The van der Waals surface area contributed by atoms with Crippen molar-refractivity contribution < 1.29 is 28.7 Å². The van der Waals surface area contributed by atoms with Gasteiger partial charge >= 0.3 is 0 Å². The molecule has 2 fully saturated rings. The number of piperidine rings is 1. The van der Waals surface area contributed by atoms with Crippen molar-refractivity contribution >= 4 is 23.4 Å². The van der Waals surface area contributed by atoms with Gasteiger partial charge in [-0.1, -0.05) is 30.3 Å². The van der Waals surface area contributed by atoms with Crippen LogP contribution in [-0.4, -0.2) is 59.8 Å². The number of nitrogens with one attached hydrogen (secondary N) is 2. The first kappa shape index (κ1) is 14.8. The molecule has 8 heteroatoms. The lowest BCUT2D eigenvalue weighted by atomic mass is 10.0. The smallest absolute Gasteiger partial charge is 0.255 e. The van der Waals surface area contributed by atoms with Crippen molar-refractivity contribution in [2.24, 2.45) is 0 Å². The summed E-state index contributed by atoms with van der Waals surface area (Å²) in [7, 11) is 0. The average Bonchev–Trinajstić information content (AvgIpc) is 3.12. The number of carbonyl (C=O) groups excluding carboxylic acids is 3. The fraction of sp³-hybridized carbons (Fsp3) is 0.400. The van der Waals surface area contributed by atoms with Gasteiger partial charge in [-0.05, 0) is 29.6 Å². The molecule has 2 N–H and O–H groups in total. The van der Waals surface area contributed by atoms with Crippen LogP contribution in [0, 0.1) is 0 Å². The van der Waals surface area contributed by atoms with Gasteiger partial charge in [0, 0.05) is 61.3 Å². The van der Waals surface area contributed by atoms with Crippen molar-refractivity contribution in [1.29, 1.82) is 0 Å². The number of hydrogen-bond acceptors (Lipinski definition) is 6. The number of ether oxygens (including phenoxy) is 1. The first-order chi connectivity index (χ1) is 18.7. The number of nitrogens with zero attached hydrogens (tertiary/aromatic N) is 2. The fourth-order valence-electron chi connectivity index (χ4n) is 3.94. The predicted molar refractivity (Wildman–Crippen MR) is 122 cm³/mol. The van der Waals surface area contributed by atoms with Crippen molar-refractivity contribution in [3.63, 3.8) is 0 Å². The van der Waals surface area contributed by atoms with E-state index in [0.29, 0.717) is 13.2 Å². The Labute approximate surface area is 202 Å². The van der Waals surface area contributed by atoms with E-state index in [1.807, 2.05) is 24.3 Å². The van der Waals surface area contributed by atoms with Crippen LogP contribution in [0.5, 0.6) is 0 Å². The van der Waals surface area contributed by atoms with Gasteiger partial charge in [0.05, 0.1) is 17.3 Å². The van der Waals surface area contributed by atoms with Gasteiger partial charge in [-0.3, -0.25) is 24.6 Å². The first-order valence-corrected chi connectivity index (χ1v) is 10.7. The number of fused-ring (bicyclic) bond motifs is 1. The lowest BCUT2D eigenvalue weighted by molar-refractivity contribution is -0.136. The van der Waals surface area contributed by atoms with Gasteiger partial charge in [-0.15, -0.1) is 0 Å². The van der Waals surface area contributed by atoms with Gasteiger partial charge in [0.15, 0.2) is 0 Å². The molecule has 0 radical (unpaired) electrons. The largest absolute Gasteiger partial charge is 0.381 e. The summed E-state index contributed by atoms with van der Waals surface area (Å²) in [6.07, 6.45) is -6.98. The molecule has 0 bridgehead atoms. The van der Waals surface area contributed by atoms with Crippen molar-refractivity contribution in [1.82, 2.24) is 15.1 Å². The highest BCUT2D eigenvalue weighted by Crippen LogP contribution is 2.32. The SMILES string of the molecule is [2H]C1([2H])c2c(NCc3ccc(CN4CCOCC4)cc3)cccc2C(=O)N1[C@@]1([2H])C(=O)NC(=O)C([2H])([2H])C1([2H])[2H]. The Balaban J connectivity index is 1.41. The molecule has 8 nitrogen and oxygen atoms in total. The van der Waals surface area contributed by atoms with Crippen LogP contribution in [0.3, 0.4) is 0 Å². The molecular weight excluding hydrogens is 420 g/mol. The van der Waals surface area contributed by atoms with Crippen LogP contribution >= 0.6 is 0 Å². The number of morpholine rings is 1. The normalized spacial score (nSPS) is 31.1. The molecule has 0 saturated carbocycles. The number of imide groups is 1. The molecule has 0 unspecified atom stereocenters. The number of amides is 3. The number of hydrogen-bond donors (Lipinski definition) is 2. The number of benzene rings is 2. The van der Waals surface area contributed by atoms with E-state index < -0.39 is 43.0 Å². The zero-order chi connectivity index (χ0) is 29.1. The lowest BCUT2D eigenvalue weighted by Crippen LogP contribution is -2.52. The van der Waals surface area contributed by atoms with Gasteiger partial charge in [-0.25, -0.2) is 0 Å². The molecule has 3 aliphatic rings. The Hall–Kier alpha value is -3.23. The van der Waals surface area contributed by atoms with Crippen molar-refractivity contribution in [2.45, 2.75) is 38.4 Å². The third-order valence-electron chi connectivity index (χ3n) is 5.70. The molecule has 33 heavy (non-hydrogen) atoms. The van der Waals surface area contributed by atoms with Crippen LogP contribution in [0.1, 0.15) is 49.4 Å². The summed E-state index contributed by atoms with van der Waals surface area (Å²) in [4.78, 5) is 40.7. The number of carbonyl (C=O) groups is 3. The molecule has 2 saturated heterocycles. The second kappa shape index (κ2) is 9.33. The molecular formula is C25H28N4O4. The van der Waals surface area contributed by atoms with Gasteiger partial charge < -0.3 is 15.0 Å². The predicted octanol–water partition coefficient (Wildman–Crippen LogP) is 1.89. The minimum Gasteiger partial charge on any atom is -0.381 e. The second-order valence-electron chi connectivity index (χ2n) is 7.92. The van der Waals surface area contributed by atoms with E-state index in [1.165, 1.54) is 18.2 Å². The zero-order valence-corrected chi connectivity index (χ0v) is 17.8. The summed E-state index contributed by atoms with van der Waals surface area (Å²) in [6, 6.07) is 8.71. The average molecular weight is 456 g/mol. The quantitative estimate of drug-likeness (QED) is 0.647. The van der Waals surface area contributed by atoms with Crippen LogP contribution in [0.15, 0.2) is 42.5 Å². The maximum absolute atomic E-state index is 13.4. The van der Waals surface area contributed by atoms with Crippen LogP contribution in [0.4, 0.5) is 5.69 Å². The lowest BCUT2D eigenvalue weighted by Gasteiger charge is -2.29. The molecule has 5 rings (SSSR count). The minimum absolute atomic E-state index is 0.0931. The highest BCUT2D eigenvalue weighted by atomic mass is 16.5. The fourth-order valence-corrected chi connectivity index (χ4v) is 3.94. The zero-order valence-electron chi connectivity index (χ0n) is 24.8. The minimum atomic E-state index is -3.58. The molecule has 3 heterocycles. The summed E-state index contributed by atoms with van der Waals surface area (Å²) in [6.45, 7) is 1.29. The number of anilines is 1. The molecule has 172 valence electrons. The standard InChI is InChI=1S/C25H28N4O4/c30-23-9-8-22(24(31)27-23)29-16-20-19(25(29)32)2-1-3-21(20)26-14-17-4-6-18(7-5-17)15-28-10-12-33-13-11-28/h1-7,22,26H,8-16H2,(H,27,30,31)/t22-/m1/s1/i8D2,9D2,16D2,22D. The third-order valence-corrected chi connectivity index (χ3v) is 5.70. The second-order valence-corrected chi connectivity index (χ2v) is 7.92. The summed E-state index contributed by atoms with van der Waals surface area (Å²) in [5, 5.41) is 4.70. The van der Waals surface area contributed by atoms with Crippen LogP contribution in [0.25, 0.3) is 0 Å². The highest BCUT2D eigenvalue weighted by Gasteiger charge is 2.39. The van der Waals surface area contributed by atoms with Crippen molar-refractivity contribution in [2.75, 3.05) is 31.6 Å². The van der Waals surface area contributed by atoms with E-state index in [0.717, 1.165) is 30.8 Å². The van der Waals surface area contributed by atoms with Crippen molar-refractivity contribution in [3.8, 4) is 0 Å². The maximum atomic E-state index is 13.4. The summed E-state index contributed by atoms with van der Waals surface area (Å²) in [5.74, 6) is -4.40. The van der Waals surface area contributed by atoms with Gasteiger partial charge in [0.25, 0.3) is 5.91 Å². The Bertz CT molecular complexity index is 1370. The molecule has 0 aromatic heterocycles. The van der Waals surface area contributed by atoms with Gasteiger partial charge in [-0.2, -0.15) is 0 Å². The topological polar surface area (TPSA) is 91.0 Å². The Morgan fingerprint density at radius 2 is 1.85 bits per heavy atom. The maximum Gasteiger partial charge on any atom is 0.255 e. The third kappa shape index (κ3) is 4.62. The van der Waals surface area contributed by atoms with E-state index in [2.05, 4.69) is 10.2 Å². The molecule has 2 aromatic carbocycles. The van der Waals surface area contributed by atoms with Gasteiger partial charge in [0.2, 0.25) is 11.8 Å². The number of rotatable bonds is 6. The molecule has 3 amide bonds. The van der Waals surface area contributed by atoms with Crippen LogP contribution < -0.4 is 10.6 Å².